The second kappa shape index (κ2) is 7.13. The summed E-state index contributed by atoms with van der Waals surface area (Å²) >= 11 is 1.47. The third-order valence-corrected chi connectivity index (χ3v) is 5.05. The van der Waals surface area contributed by atoms with Gasteiger partial charge in [-0.2, -0.15) is 0 Å². The number of rotatable bonds is 4. The minimum Gasteiger partial charge on any atom is -0.493 e. The fourth-order valence-electron chi connectivity index (χ4n) is 2.85. The number of hydrogen-bond acceptors (Lipinski definition) is 4. The van der Waals surface area contributed by atoms with Crippen LogP contribution < -0.4 is 4.74 Å². The first kappa shape index (κ1) is 16.0. The van der Waals surface area contributed by atoms with Crippen molar-refractivity contribution in [3.63, 3.8) is 0 Å². The van der Waals surface area contributed by atoms with Crippen LogP contribution in [-0.4, -0.2) is 35.5 Å². The van der Waals surface area contributed by atoms with Gasteiger partial charge in [0.15, 0.2) is 0 Å². The van der Waals surface area contributed by atoms with Gasteiger partial charge in [-0.3, -0.25) is 4.79 Å². The van der Waals surface area contributed by atoms with Crippen molar-refractivity contribution >= 4 is 17.2 Å². The molecule has 122 valence electrons. The highest BCUT2D eigenvalue weighted by atomic mass is 32.1. The molecule has 4 nitrogen and oxygen atoms in total. The van der Waals surface area contributed by atoms with Gasteiger partial charge in [0.2, 0.25) is 0 Å². The standard InChI is InChI=1S/C18H22N2O2S/c1-13-5-7-16(8-6-13)22-12-15-4-3-9-20(11-15)18(21)17-10-19-14(2)23-17/h5-8,10,15H,3-4,9,11-12H2,1-2H3/t15-/m0/s1. The smallest absolute Gasteiger partial charge is 0.265 e. The zero-order valence-electron chi connectivity index (χ0n) is 13.6. The Hall–Kier alpha value is -1.88. The highest BCUT2D eigenvalue weighted by molar-refractivity contribution is 7.13. The number of carbonyl (C=O) groups excluding carboxylic acids is 1. The van der Waals surface area contributed by atoms with Crippen LogP contribution in [0.2, 0.25) is 0 Å². The van der Waals surface area contributed by atoms with Gasteiger partial charge < -0.3 is 9.64 Å². The molecule has 3 rings (SSSR count). The number of aromatic nitrogens is 1. The van der Waals surface area contributed by atoms with Gasteiger partial charge in [-0.15, -0.1) is 11.3 Å². The molecule has 1 atom stereocenters. The van der Waals surface area contributed by atoms with E-state index in [9.17, 15) is 4.79 Å². The fraction of sp³-hybridized carbons (Fsp3) is 0.444. The summed E-state index contributed by atoms with van der Waals surface area (Å²) in [6.07, 6.45) is 3.83. The SMILES string of the molecule is Cc1ccc(OC[C@H]2CCCN(C(=O)c3cnc(C)s3)C2)cc1. The molecule has 1 aromatic heterocycles. The summed E-state index contributed by atoms with van der Waals surface area (Å²) in [6, 6.07) is 8.11. The molecule has 0 bridgehead atoms. The molecule has 0 N–H and O–H groups in total. The molecule has 2 aromatic rings. The molecular formula is C18H22N2O2S. The summed E-state index contributed by atoms with van der Waals surface area (Å²) in [4.78, 5) is 19.4. The van der Waals surface area contributed by atoms with Crippen LogP contribution in [0.25, 0.3) is 0 Å². The highest BCUT2D eigenvalue weighted by Crippen LogP contribution is 2.22. The van der Waals surface area contributed by atoms with E-state index in [1.165, 1.54) is 16.9 Å². The Morgan fingerprint density at radius 3 is 2.83 bits per heavy atom. The average Bonchev–Trinajstić information content (AvgIpc) is 3.00. The summed E-state index contributed by atoms with van der Waals surface area (Å²) in [7, 11) is 0. The van der Waals surface area contributed by atoms with Crippen molar-refractivity contribution in [1.82, 2.24) is 9.88 Å². The minimum absolute atomic E-state index is 0.107. The highest BCUT2D eigenvalue weighted by Gasteiger charge is 2.25. The van der Waals surface area contributed by atoms with Gasteiger partial charge in [-0.1, -0.05) is 17.7 Å². The van der Waals surface area contributed by atoms with Crippen molar-refractivity contribution in [3.8, 4) is 5.75 Å². The Bertz CT molecular complexity index is 666. The first-order valence-electron chi connectivity index (χ1n) is 8.03. The van der Waals surface area contributed by atoms with E-state index in [1.54, 1.807) is 6.20 Å². The Morgan fingerprint density at radius 1 is 1.35 bits per heavy atom. The molecule has 1 saturated heterocycles. The summed E-state index contributed by atoms with van der Waals surface area (Å²) in [5.74, 6) is 1.40. The topological polar surface area (TPSA) is 42.4 Å². The molecule has 1 aliphatic rings. The monoisotopic (exact) mass is 330 g/mol. The van der Waals surface area contributed by atoms with E-state index in [4.69, 9.17) is 4.74 Å². The first-order chi connectivity index (χ1) is 11.1. The first-order valence-corrected chi connectivity index (χ1v) is 8.84. The van der Waals surface area contributed by atoms with E-state index in [1.807, 2.05) is 24.0 Å². The minimum atomic E-state index is 0.107. The number of ether oxygens (including phenoxy) is 1. The van der Waals surface area contributed by atoms with Crippen LogP contribution in [0, 0.1) is 19.8 Å². The number of piperidine rings is 1. The van der Waals surface area contributed by atoms with Crippen molar-refractivity contribution in [1.29, 1.82) is 0 Å². The number of hydrogen-bond donors (Lipinski definition) is 0. The molecule has 0 radical (unpaired) electrons. The number of likely N-dealkylation sites (tertiary alicyclic amines) is 1. The molecule has 5 heteroatoms. The Kier molecular flexibility index (Phi) is 4.96. The Balaban J connectivity index is 1.55. The maximum Gasteiger partial charge on any atom is 0.265 e. The van der Waals surface area contributed by atoms with Crippen LogP contribution in [-0.2, 0) is 0 Å². The molecule has 1 fully saturated rings. The van der Waals surface area contributed by atoms with Crippen LogP contribution in [0.1, 0.15) is 33.1 Å². The van der Waals surface area contributed by atoms with Crippen LogP contribution in [0.15, 0.2) is 30.5 Å². The van der Waals surface area contributed by atoms with E-state index in [2.05, 4.69) is 24.0 Å². The van der Waals surface area contributed by atoms with Crippen molar-refractivity contribution in [2.24, 2.45) is 5.92 Å². The fourth-order valence-corrected chi connectivity index (χ4v) is 3.60. The number of carbonyl (C=O) groups is 1. The lowest BCUT2D eigenvalue weighted by Gasteiger charge is -2.32. The predicted molar refractivity (Wildman–Crippen MR) is 92.2 cm³/mol. The molecule has 0 saturated carbocycles. The molecule has 1 aromatic carbocycles. The molecule has 1 aliphatic heterocycles. The van der Waals surface area contributed by atoms with E-state index in [0.29, 0.717) is 12.5 Å². The van der Waals surface area contributed by atoms with Gasteiger partial charge in [0.25, 0.3) is 5.91 Å². The lowest BCUT2D eigenvalue weighted by Crippen LogP contribution is -2.41. The summed E-state index contributed by atoms with van der Waals surface area (Å²) in [5.41, 5.74) is 1.23. The van der Waals surface area contributed by atoms with Gasteiger partial charge in [0.1, 0.15) is 10.6 Å². The molecule has 2 heterocycles. The maximum absolute atomic E-state index is 12.5. The lowest BCUT2D eigenvalue weighted by atomic mass is 9.99. The van der Waals surface area contributed by atoms with Crippen LogP contribution >= 0.6 is 11.3 Å². The normalized spacial score (nSPS) is 18.0. The van der Waals surface area contributed by atoms with Gasteiger partial charge in [-0.05, 0) is 38.8 Å². The number of aryl methyl sites for hydroxylation is 2. The number of amides is 1. The molecule has 1 amide bonds. The van der Waals surface area contributed by atoms with E-state index in [0.717, 1.165) is 41.6 Å². The third kappa shape index (κ3) is 4.10. The summed E-state index contributed by atoms with van der Waals surface area (Å²) in [5, 5.41) is 0.935. The number of nitrogens with zero attached hydrogens (tertiary/aromatic N) is 2. The second-order valence-electron chi connectivity index (χ2n) is 6.13. The third-order valence-electron chi connectivity index (χ3n) is 4.14. The zero-order chi connectivity index (χ0) is 16.2. The quantitative estimate of drug-likeness (QED) is 0.858. The van der Waals surface area contributed by atoms with Gasteiger partial charge >= 0.3 is 0 Å². The van der Waals surface area contributed by atoms with Crippen molar-refractivity contribution in [3.05, 3.63) is 45.9 Å². The number of thiazole rings is 1. The van der Waals surface area contributed by atoms with Gasteiger partial charge in [-0.25, -0.2) is 4.98 Å². The molecule has 0 aliphatic carbocycles. The molecule has 0 unspecified atom stereocenters. The van der Waals surface area contributed by atoms with Gasteiger partial charge in [0.05, 0.1) is 17.8 Å². The van der Waals surface area contributed by atoms with Crippen molar-refractivity contribution < 1.29 is 9.53 Å². The number of benzene rings is 1. The lowest BCUT2D eigenvalue weighted by molar-refractivity contribution is 0.0638. The summed E-state index contributed by atoms with van der Waals surface area (Å²) in [6.45, 7) is 6.25. The molecular weight excluding hydrogens is 308 g/mol. The summed E-state index contributed by atoms with van der Waals surface area (Å²) < 4.78 is 5.89. The zero-order valence-corrected chi connectivity index (χ0v) is 14.4. The molecule has 0 spiro atoms. The van der Waals surface area contributed by atoms with Crippen LogP contribution in [0.5, 0.6) is 5.75 Å². The van der Waals surface area contributed by atoms with E-state index in [-0.39, 0.29) is 5.91 Å². The largest absolute Gasteiger partial charge is 0.493 e. The maximum atomic E-state index is 12.5. The second-order valence-corrected chi connectivity index (χ2v) is 7.36. The predicted octanol–water partition coefficient (Wildman–Crippen LogP) is 3.69. The van der Waals surface area contributed by atoms with Crippen molar-refractivity contribution in [2.75, 3.05) is 19.7 Å². The van der Waals surface area contributed by atoms with Crippen molar-refractivity contribution in [2.45, 2.75) is 26.7 Å². The molecule has 23 heavy (non-hydrogen) atoms. The van der Waals surface area contributed by atoms with Crippen LogP contribution in [0.3, 0.4) is 0 Å². The van der Waals surface area contributed by atoms with Gasteiger partial charge in [0, 0.05) is 19.0 Å². The Labute approximate surface area is 141 Å². The van der Waals surface area contributed by atoms with E-state index >= 15 is 0 Å². The van der Waals surface area contributed by atoms with Crippen LogP contribution in [0.4, 0.5) is 0 Å². The van der Waals surface area contributed by atoms with E-state index < -0.39 is 0 Å². The average molecular weight is 330 g/mol. The Morgan fingerprint density at radius 2 is 2.13 bits per heavy atom.